The van der Waals surface area contributed by atoms with Crippen LogP contribution >= 0.6 is 23.5 Å². The second-order valence-corrected chi connectivity index (χ2v) is 13.6. The van der Waals surface area contributed by atoms with Crippen LogP contribution in [0.15, 0.2) is 107 Å². The average molecular weight is 749 g/mol. The number of nitrogens with one attached hydrogen (secondary N) is 2. The Kier molecular flexibility index (Phi) is 11.3. The van der Waals surface area contributed by atoms with Crippen LogP contribution in [0.4, 0.5) is 11.4 Å². The van der Waals surface area contributed by atoms with Crippen molar-refractivity contribution in [3.63, 3.8) is 0 Å². The lowest BCUT2D eigenvalue weighted by atomic mass is 10.2. The molecule has 0 unspecified atom stereocenters. The van der Waals surface area contributed by atoms with Gasteiger partial charge >= 0.3 is 11.9 Å². The van der Waals surface area contributed by atoms with Gasteiger partial charge in [0.15, 0.2) is 10.3 Å². The van der Waals surface area contributed by atoms with Crippen LogP contribution in [-0.4, -0.2) is 75.0 Å². The number of aryl methyl sites for hydroxylation is 2. The molecule has 4 N–H and O–H groups in total. The number of hydrogen-bond acceptors (Lipinski definition) is 10. The monoisotopic (exact) mass is 748 g/mol. The van der Waals surface area contributed by atoms with Gasteiger partial charge in [-0.25, -0.2) is 9.59 Å². The van der Waals surface area contributed by atoms with E-state index in [0.717, 1.165) is 22.5 Å². The Morgan fingerprint density at radius 2 is 0.981 bits per heavy atom. The number of rotatable bonds is 14. The quantitative estimate of drug-likeness (QED) is 0.0964. The minimum atomic E-state index is -1.05. The predicted molar refractivity (Wildman–Crippen MR) is 201 cm³/mol. The topological polar surface area (TPSA) is 194 Å². The van der Waals surface area contributed by atoms with Crippen LogP contribution in [0, 0.1) is 13.8 Å². The summed E-state index contributed by atoms with van der Waals surface area (Å²) in [4.78, 5) is 48.2. The summed E-state index contributed by atoms with van der Waals surface area (Å²) in [5.41, 5.74) is 4.79. The number of carboxylic acids is 2. The fourth-order valence-electron chi connectivity index (χ4n) is 5.26. The number of thioether (sulfide) groups is 2. The molecule has 53 heavy (non-hydrogen) atoms. The molecule has 2 heterocycles. The third kappa shape index (κ3) is 9.16. The van der Waals surface area contributed by atoms with E-state index in [9.17, 15) is 19.2 Å². The Bertz CT molecular complexity index is 2140. The molecule has 0 spiro atoms. The molecule has 0 aliphatic carbocycles. The summed E-state index contributed by atoms with van der Waals surface area (Å²) >= 11 is 2.40. The summed E-state index contributed by atoms with van der Waals surface area (Å²) in [5.74, 6) is -1.60. The Balaban J connectivity index is 1.24. The molecule has 14 nitrogen and oxygen atoms in total. The van der Waals surface area contributed by atoms with Gasteiger partial charge in [-0.15, -0.1) is 20.4 Å². The average Bonchev–Trinajstić information content (AvgIpc) is 3.73. The van der Waals surface area contributed by atoms with E-state index in [-0.39, 0.29) is 40.9 Å². The summed E-state index contributed by atoms with van der Waals surface area (Å²) in [6.45, 7) is 3.95. The summed E-state index contributed by atoms with van der Waals surface area (Å²) in [6, 6.07) is 27.4. The minimum absolute atomic E-state index is 0.0106. The van der Waals surface area contributed by atoms with Gasteiger partial charge in [-0.05, 0) is 97.8 Å². The molecule has 16 heteroatoms. The predicted octanol–water partition coefficient (Wildman–Crippen LogP) is 5.91. The molecular formula is C37H32N8O6S2. The van der Waals surface area contributed by atoms with Crippen LogP contribution in [-0.2, 0) is 16.0 Å². The molecule has 0 atom stereocenters. The molecule has 6 rings (SSSR count). The standard InChI is InChI=1S/C37H32N8O6S2/c1-22-5-3-7-28(17-22)44-30(40-42-36(44)52-20-32(46)38-26-13-9-24(10-14-26)34(48)49)19-31-41-43-37(45(31)29-8-4-6-23(2)18-29)53-21-33(47)39-27-15-11-25(12-16-27)35(50)51/h3-18H,19-21H2,1-2H3,(H,38,46)(H,39,47)(H,48,49)(H,50,51). The van der Waals surface area contributed by atoms with E-state index in [1.165, 1.54) is 72.1 Å². The maximum absolute atomic E-state index is 12.9. The Hall–Kier alpha value is -6.26. The van der Waals surface area contributed by atoms with Crippen LogP contribution in [0.3, 0.4) is 0 Å². The maximum atomic E-state index is 12.9. The number of anilines is 2. The van der Waals surface area contributed by atoms with Gasteiger partial charge in [-0.2, -0.15) is 0 Å². The first-order valence-corrected chi connectivity index (χ1v) is 18.1. The lowest BCUT2D eigenvalue weighted by Gasteiger charge is -2.13. The summed E-state index contributed by atoms with van der Waals surface area (Å²) in [6.07, 6.45) is 0.202. The first-order valence-electron chi connectivity index (χ1n) is 16.1. The van der Waals surface area contributed by atoms with E-state index in [0.29, 0.717) is 33.3 Å². The third-order valence-electron chi connectivity index (χ3n) is 7.73. The number of aromatic carboxylic acids is 2. The highest BCUT2D eigenvalue weighted by Crippen LogP contribution is 2.28. The van der Waals surface area contributed by atoms with Crippen molar-refractivity contribution in [2.75, 3.05) is 22.1 Å². The second-order valence-electron chi connectivity index (χ2n) is 11.8. The van der Waals surface area contributed by atoms with Crippen LogP contribution < -0.4 is 10.6 Å². The molecule has 0 aliphatic rings. The van der Waals surface area contributed by atoms with Crippen molar-refractivity contribution in [1.82, 2.24) is 29.5 Å². The summed E-state index contributed by atoms with van der Waals surface area (Å²) < 4.78 is 3.75. The van der Waals surface area contributed by atoms with Crippen molar-refractivity contribution in [1.29, 1.82) is 0 Å². The van der Waals surface area contributed by atoms with Gasteiger partial charge in [0.05, 0.1) is 29.1 Å². The molecule has 0 aliphatic heterocycles. The number of carboxylic acid groups (broad SMARTS) is 2. The van der Waals surface area contributed by atoms with Crippen LogP contribution in [0.25, 0.3) is 11.4 Å². The molecule has 0 bridgehead atoms. The zero-order valence-corrected chi connectivity index (χ0v) is 30.0. The van der Waals surface area contributed by atoms with Gasteiger partial charge in [0.2, 0.25) is 11.8 Å². The highest BCUT2D eigenvalue weighted by Gasteiger charge is 2.22. The van der Waals surface area contributed by atoms with Crippen LogP contribution in [0.1, 0.15) is 43.5 Å². The largest absolute Gasteiger partial charge is 0.478 e. The van der Waals surface area contributed by atoms with Gasteiger partial charge in [0, 0.05) is 22.7 Å². The maximum Gasteiger partial charge on any atom is 0.335 e. The van der Waals surface area contributed by atoms with E-state index in [1.54, 1.807) is 0 Å². The number of carbonyl (C=O) groups excluding carboxylic acids is 2. The molecule has 0 saturated carbocycles. The first kappa shape index (κ1) is 36.5. The van der Waals surface area contributed by atoms with Crippen LogP contribution in [0.5, 0.6) is 0 Å². The molecule has 2 aromatic heterocycles. The molecule has 268 valence electrons. The second kappa shape index (κ2) is 16.4. The lowest BCUT2D eigenvalue weighted by molar-refractivity contribution is -0.114. The fraction of sp³-hybridized carbons (Fsp3) is 0.135. The molecule has 6 aromatic rings. The minimum Gasteiger partial charge on any atom is -0.478 e. The molecule has 2 amide bonds. The van der Waals surface area contributed by atoms with E-state index >= 15 is 0 Å². The van der Waals surface area contributed by atoms with Crippen LogP contribution in [0.2, 0.25) is 0 Å². The van der Waals surface area contributed by atoms with Crippen molar-refractivity contribution >= 4 is 58.7 Å². The molecule has 4 aromatic carbocycles. The van der Waals surface area contributed by atoms with Crippen molar-refractivity contribution in [2.45, 2.75) is 30.6 Å². The number of amides is 2. The van der Waals surface area contributed by atoms with Gasteiger partial charge in [-0.3, -0.25) is 18.7 Å². The molecule has 0 saturated heterocycles. The summed E-state index contributed by atoms with van der Waals surface area (Å²) in [5, 5.41) is 42.8. The number of hydrogen-bond donors (Lipinski definition) is 4. The van der Waals surface area contributed by atoms with Crippen molar-refractivity contribution in [3.8, 4) is 11.4 Å². The highest BCUT2D eigenvalue weighted by atomic mass is 32.2. The highest BCUT2D eigenvalue weighted by molar-refractivity contribution is 8.00. The van der Waals surface area contributed by atoms with Gasteiger partial charge in [-0.1, -0.05) is 47.8 Å². The molecular weight excluding hydrogens is 717 g/mol. The van der Waals surface area contributed by atoms with E-state index < -0.39 is 11.9 Å². The lowest BCUT2D eigenvalue weighted by Crippen LogP contribution is -2.15. The third-order valence-corrected chi connectivity index (χ3v) is 9.59. The SMILES string of the molecule is Cc1cccc(-n2c(Cc3nnc(SCC(=O)Nc4ccc(C(=O)O)cc4)n3-c3cccc(C)c3)nnc2SCC(=O)Nc2ccc(C(=O)O)cc2)c1. The zero-order chi connectivity index (χ0) is 37.5. The van der Waals surface area contributed by atoms with Gasteiger partial charge in [0.1, 0.15) is 11.6 Å². The number of aromatic nitrogens is 6. The Labute approximate surface area is 311 Å². The number of benzene rings is 4. The zero-order valence-electron chi connectivity index (χ0n) is 28.4. The smallest absolute Gasteiger partial charge is 0.335 e. The molecule has 0 radical (unpaired) electrons. The van der Waals surface area contributed by atoms with E-state index in [2.05, 4.69) is 31.0 Å². The number of nitrogens with zero attached hydrogens (tertiary/aromatic N) is 6. The van der Waals surface area contributed by atoms with Crippen molar-refractivity contribution in [2.24, 2.45) is 0 Å². The van der Waals surface area contributed by atoms with Crippen molar-refractivity contribution in [3.05, 3.63) is 131 Å². The number of carbonyl (C=O) groups is 4. The Morgan fingerprint density at radius 1 is 0.585 bits per heavy atom. The van der Waals surface area contributed by atoms with Crippen molar-refractivity contribution < 1.29 is 29.4 Å². The molecule has 0 fully saturated rings. The first-order chi connectivity index (χ1) is 25.5. The van der Waals surface area contributed by atoms with Gasteiger partial charge < -0.3 is 20.8 Å². The normalized spacial score (nSPS) is 10.9. The Morgan fingerprint density at radius 3 is 1.34 bits per heavy atom. The van der Waals surface area contributed by atoms with E-state index in [4.69, 9.17) is 10.2 Å². The summed E-state index contributed by atoms with van der Waals surface area (Å²) in [7, 11) is 0. The van der Waals surface area contributed by atoms with E-state index in [1.807, 2.05) is 71.5 Å². The van der Waals surface area contributed by atoms with Gasteiger partial charge in [0.25, 0.3) is 0 Å². The fourth-order valence-corrected chi connectivity index (χ4v) is 6.80.